The number of halogens is 1. The van der Waals surface area contributed by atoms with Gasteiger partial charge in [-0.2, -0.15) is 0 Å². The van der Waals surface area contributed by atoms with Crippen molar-refractivity contribution >= 4 is 46.0 Å². The number of amides is 4. The zero-order valence-electron chi connectivity index (χ0n) is 19.8. The Morgan fingerprint density at radius 2 is 2.00 bits per heavy atom. The summed E-state index contributed by atoms with van der Waals surface area (Å²) in [6, 6.07) is 9.16. The number of urea groups is 1. The van der Waals surface area contributed by atoms with Crippen LogP contribution in [-0.2, 0) is 4.79 Å². The zero-order chi connectivity index (χ0) is 25.8. The largest absolute Gasteiger partial charge is 0.496 e. The highest BCUT2D eigenvalue weighted by atomic mass is 35.5. The van der Waals surface area contributed by atoms with Crippen LogP contribution < -0.4 is 25.8 Å². The zero-order valence-corrected chi connectivity index (χ0v) is 20.6. The number of methoxy groups -OCH3 is 1. The van der Waals surface area contributed by atoms with Gasteiger partial charge in [-0.15, -0.1) is 0 Å². The van der Waals surface area contributed by atoms with Gasteiger partial charge in [0.05, 0.1) is 28.9 Å². The number of aromatic nitrogens is 1. The summed E-state index contributed by atoms with van der Waals surface area (Å²) in [6.07, 6.45) is 2.71. The lowest BCUT2D eigenvalue weighted by Crippen LogP contribution is -2.40. The van der Waals surface area contributed by atoms with Gasteiger partial charge >= 0.3 is 6.03 Å². The SMILES string of the molecule is CCC(=O)N1CCC(NC(=O)Nc2ccc(Oc3ccnc4cc(OC)c(C(N)=O)cc34)cc2Cl)C1. The normalized spacial score (nSPS) is 15.0. The maximum Gasteiger partial charge on any atom is 0.319 e. The first-order valence-electron chi connectivity index (χ1n) is 11.4. The number of rotatable bonds is 7. The Kier molecular flexibility index (Phi) is 7.44. The molecule has 0 saturated carbocycles. The topological polar surface area (TPSA) is 136 Å². The maximum atomic E-state index is 12.5. The molecule has 0 aliphatic carbocycles. The van der Waals surface area contributed by atoms with Gasteiger partial charge in [0.15, 0.2) is 0 Å². The number of hydrogen-bond donors (Lipinski definition) is 3. The van der Waals surface area contributed by atoms with Crippen molar-refractivity contribution in [2.75, 3.05) is 25.5 Å². The summed E-state index contributed by atoms with van der Waals surface area (Å²) in [5.41, 5.74) is 6.65. The van der Waals surface area contributed by atoms with E-state index < -0.39 is 11.9 Å². The van der Waals surface area contributed by atoms with Crippen LogP contribution >= 0.6 is 11.6 Å². The van der Waals surface area contributed by atoms with E-state index >= 15 is 0 Å². The van der Waals surface area contributed by atoms with Crippen molar-refractivity contribution in [3.63, 3.8) is 0 Å². The highest BCUT2D eigenvalue weighted by Gasteiger charge is 2.26. The molecular weight excluding hydrogens is 486 g/mol. The number of carbonyl (C=O) groups is 3. The van der Waals surface area contributed by atoms with Crippen LogP contribution in [0.5, 0.6) is 17.2 Å². The van der Waals surface area contributed by atoms with Crippen LogP contribution in [0, 0.1) is 0 Å². The molecule has 2 heterocycles. The summed E-state index contributed by atoms with van der Waals surface area (Å²) in [7, 11) is 1.45. The number of nitrogens with one attached hydrogen (secondary N) is 2. The molecule has 4 amide bonds. The summed E-state index contributed by atoms with van der Waals surface area (Å²) < 4.78 is 11.2. The Labute approximate surface area is 212 Å². The number of benzene rings is 2. The molecule has 2 aromatic carbocycles. The number of nitrogens with zero attached hydrogens (tertiary/aromatic N) is 2. The molecule has 1 fully saturated rings. The lowest BCUT2D eigenvalue weighted by Gasteiger charge is -2.17. The Hall–Kier alpha value is -4.05. The first-order chi connectivity index (χ1) is 17.3. The lowest BCUT2D eigenvalue weighted by molar-refractivity contribution is -0.129. The Balaban J connectivity index is 1.46. The van der Waals surface area contributed by atoms with E-state index in [4.69, 9.17) is 26.8 Å². The molecule has 1 aliphatic rings. The molecule has 3 aromatic rings. The third-order valence-electron chi connectivity index (χ3n) is 5.88. The predicted octanol–water partition coefficient (Wildman–Crippen LogP) is 3.92. The van der Waals surface area contributed by atoms with Gasteiger partial charge in [0.25, 0.3) is 5.91 Å². The number of anilines is 1. The van der Waals surface area contributed by atoms with Crippen molar-refractivity contribution in [3.8, 4) is 17.2 Å². The van der Waals surface area contributed by atoms with Crippen LogP contribution in [0.2, 0.25) is 5.02 Å². The number of pyridine rings is 1. The molecule has 1 unspecified atom stereocenters. The second-order valence-electron chi connectivity index (χ2n) is 8.26. The van der Waals surface area contributed by atoms with Crippen LogP contribution in [0.1, 0.15) is 30.1 Å². The fourth-order valence-corrected chi connectivity index (χ4v) is 4.28. The smallest absolute Gasteiger partial charge is 0.319 e. The molecule has 0 radical (unpaired) electrons. The van der Waals surface area contributed by atoms with Gasteiger partial charge in [-0.25, -0.2) is 4.79 Å². The van der Waals surface area contributed by atoms with E-state index in [2.05, 4.69) is 15.6 Å². The van der Waals surface area contributed by atoms with Crippen molar-refractivity contribution in [1.82, 2.24) is 15.2 Å². The quantitative estimate of drug-likeness (QED) is 0.440. The van der Waals surface area contributed by atoms with E-state index in [9.17, 15) is 14.4 Å². The third-order valence-corrected chi connectivity index (χ3v) is 6.20. The Morgan fingerprint density at radius 3 is 2.69 bits per heavy atom. The molecule has 1 saturated heterocycles. The van der Waals surface area contributed by atoms with Gasteiger partial charge < -0.3 is 30.7 Å². The average molecular weight is 512 g/mol. The third kappa shape index (κ3) is 5.44. The monoisotopic (exact) mass is 511 g/mol. The van der Waals surface area contributed by atoms with E-state index in [1.807, 2.05) is 6.92 Å². The fourth-order valence-electron chi connectivity index (χ4n) is 4.06. The van der Waals surface area contributed by atoms with E-state index in [0.29, 0.717) is 59.8 Å². The average Bonchev–Trinajstić information content (AvgIpc) is 3.32. The molecule has 188 valence electrons. The van der Waals surface area contributed by atoms with Crippen molar-refractivity contribution in [1.29, 1.82) is 0 Å². The number of ether oxygens (including phenoxy) is 2. The van der Waals surface area contributed by atoms with E-state index in [0.717, 1.165) is 0 Å². The standard InChI is InChI=1S/C25H26ClN5O5/c1-3-23(32)31-9-7-14(13-31)29-25(34)30-19-5-4-15(10-18(19)26)36-21-6-8-28-20-12-22(35-2)17(24(27)33)11-16(20)21/h4-6,8,10-12,14H,3,7,9,13H2,1-2H3,(H2,27,33)(H2,29,30,34). The molecule has 1 aliphatic heterocycles. The Bertz CT molecular complexity index is 1330. The van der Waals surface area contributed by atoms with Crippen LogP contribution in [0.4, 0.5) is 10.5 Å². The van der Waals surface area contributed by atoms with Gasteiger partial charge in [-0.1, -0.05) is 18.5 Å². The second-order valence-corrected chi connectivity index (χ2v) is 8.67. The highest BCUT2D eigenvalue weighted by Crippen LogP contribution is 2.35. The van der Waals surface area contributed by atoms with Crippen LogP contribution in [-0.4, -0.2) is 54.0 Å². The highest BCUT2D eigenvalue weighted by molar-refractivity contribution is 6.33. The summed E-state index contributed by atoms with van der Waals surface area (Å²) in [5.74, 6) is 0.609. The molecule has 0 bridgehead atoms. The lowest BCUT2D eigenvalue weighted by atomic mass is 10.1. The van der Waals surface area contributed by atoms with Crippen molar-refractivity contribution in [3.05, 3.63) is 53.2 Å². The molecule has 10 nitrogen and oxygen atoms in total. The molecular formula is C25H26ClN5O5. The van der Waals surface area contributed by atoms with Crippen LogP contribution in [0.3, 0.4) is 0 Å². The summed E-state index contributed by atoms with van der Waals surface area (Å²) in [6.45, 7) is 2.93. The summed E-state index contributed by atoms with van der Waals surface area (Å²) in [4.78, 5) is 42.2. The molecule has 0 spiro atoms. The van der Waals surface area contributed by atoms with Gasteiger partial charge in [0, 0.05) is 49.3 Å². The van der Waals surface area contributed by atoms with E-state index in [1.54, 1.807) is 47.5 Å². The van der Waals surface area contributed by atoms with E-state index in [-0.39, 0.29) is 22.5 Å². The van der Waals surface area contributed by atoms with Crippen molar-refractivity contribution < 1.29 is 23.9 Å². The van der Waals surface area contributed by atoms with Crippen molar-refractivity contribution in [2.24, 2.45) is 5.73 Å². The number of likely N-dealkylation sites (tertiary alicyclic amines) is 1. The fraction of sp³-hybridized carbons (Fsp3) is 0.280. The Morgan fingerprint density at radius 1 is 1.19 bits per heavy atom. The first kappa shape index (κ1) is 25.1. The number of primary amides is 1. The summed E-state index contributed by atoms with van der Waals surface area (Å²) >= 11 is 6.40. The second kappa shape index (κ2) is 10.7. The summed E-state index contributed by atoms with van der Waals surface area (Å²) in [5, 5.41) is 6.44. The van der Waals surface area contributed by atoms with Gasteiger partial charge in [0.2, 0.25) is 5.91 Å². The molecule has 36 heavy (non-hydrogen) atoms. The van der Waals surface area contributed by atoms with Gasteiger partial charge in [0.1, 0.15) is 17.2 Å². The first-order valence-corrected chi connectivity index (χ1v) is 11.8. The van der Waals surface area contributed by atoms with Crippen LogP contribution in [0.25, 0.3) is 10.9 Å². The van der Waals surface area contributed by atoms with Crippen molar-refractivity contribution in [2.45, 2.75) is 25.8 Å². The minimum atomic E-state index is -0.637. The minimum Gasteiger partial charge on any atom is -0.496 e. The predicted molar refractivity (Wildman–Crippen MR) is 136 cm³/mol. The number of carbonyl (C=O) groups excluding carboxylic acids is 3. The number of hydrogen-bond acceptors (Lipinski definition) is 6. The molecule has 1 atom stereocenters. The number of fused-ring (bicyclic) bond motifs is 1. The molecule has 4 N–H and O–H groups in total. The van der Waals surface area contributed by atoms with Gasteiger partial charge in [-0.3, -0.25) is 14.6 Å². The molecule has 4 rings (SSSR count). The van der Waals surface area contributed by atoms with Crippen LogP contribution in [0.15, 0.2) is 42.6 Å². The number of nitrogens with two attached hydrogens (primary N) is 1. The molecule has 11 heteroatoms. The van der Waals surface area contributed by atoms with Gasteiger partial charge in [-0.05, 0) is 30.7 Å². The van der Waals surface area contributed by atoms with E-state index in [1.165, 1.54) is 7.11 Å². The minimum absolute atomic E-state index is 0.0744. The maximum absolute atomic E-state index is 12.5. The molecule has 1 aromatic heterocycles.